The minimum atomic E-state index is 0. The zero-order valence-electron chi connectivity index (χ0n) is 11.2. The van der Waals surface area contributed by atoms with Crippen molar-refractivity contribution in [2.45, 2.75) is 12.8 Å². The van der Waals surface area contributed by atoms with Gasteiger partial charge in [-0.05, 0) is 39.0 Å². The van der Waals surface area contributed by atoms with Gasteiger partial charge in [0.05, 0.1) is 0 Å². The van der Waals surface area contributed by atoms with Crippen LogP contribution in [0.3, 0.4) is 0 Å². The minimum Gasteiger partial charge on any atom is -1.00 e. The fourth-order valence-electron chi connectivity index (χ4n) is 0.881. The second kappa shape index (κ2) is 42.9. The first kappa shape index (κ1) is 31.7. The summed E-state index contributed by atoms with van der Waals surface area (Å²) in [6, 6.07) is 0. The van der Waals surface area contributed by atoms with Crippen LogP contribution in [-0.2, 0) is 16.8 Å². The molecule has 0 heterocycles. The molecule has 0 aromatic rings. The molecule has 0 aliphatic heterocycles. The van der Waals surface area contributed by atoms with Gasteiger partial charge in [-0.1, -0.05) is 0 Å². The monoisotopic (exact) mass is 396 g/mol. The van der Waals surface area contributed by atoms with Gasteiger partial charge in [0.2, 0.25) is 0 Å². The number of rotatable bonds is 9. The van der Waals surface area contributed by atoms with E-state index in [4.69, 9.17) is 33.6 Å². The fraction of sp³-hybridized carbons (Fsp3) is 1.00. The molecule has 0 fully saturated rings. The maximum absolute atomic E-state index is 6.75. The average Bonchev–Trinajstić information content (AvgIpc) is 2.35. The zero-order chi connectivity index (χ0) is 14.5. The van der Waals surface area contributed by atoms with E-state index >= 15 is 0 Å². The first-order valence-corrected chi connectivity index (χ1v) is 5.53. The van der Waals surface area contributed by atoms with Crippen molar-refractivity contribution in [1.29, 1.82) is 0 Å². The molecule has 0 aromatic carbocycles. The van der Waals surface area contributed by atoms with Gasteiger partial charge < -0.3 is 61.2 Å². The standard InChI is InChI=1S/C8H22N4.BrH.Co.2N3/c9-3-1-5-11-7-8-12-6-2-4-10;;;2*1-3-2/h11-12H,1-10H2;1H;;;/q;;+3;2*-1/p-1. The van der Waals surface area contributed by atoms with Crippen LogP contribution < -0.4 is 39.1 Å². The third kappa shape index (κ3) is 66.1. The Morgan fingerprint density at radius 2 is 0.950 bits per heavy atom. The van der Waals surface area contributed by atoms with Crippen molar-refractivity contribution in [3.63, 3.8) is 0 Å². The van der Waals surface area contributed by atoms with Crippen LogP contribution >= 0.6 is 0 Å². The topological polar surface area (TPSA) is 194 Å². The molecule has 0 atom stereocenters. The van der Waals surface area contributed by atoms with Crippen molar-refractivity contribution in [3.05, 3.63) is 31.9 Å². The van der Waals surface area contributed by atoms with E-state index in [1.54, 1.807) is 0 Å². The maximum Gasteiger partial charge on any atom is 3.00 e. The van der Waals surface area contributed by atoms with Gasteiger partial charge in [-0.25, -0.2) is 0 Å². The summed E-state index contributed by atoms with van der Waals surface area (Å²) in [6.45, 7) is 5.63. The van der Waals surface area contributed by atoms with Crippen LogP contribution in [0.25, 0.3) is 31.9 Å². The molecule has 0 aromatic heterocycles. The van der Waals surface area contributed by atoms with Gasteiger partial charge in [0.25, 0.3) is 0 Å². The molecule has 0 aliphatic carbocycles. The molecule has 0 bridgehead atoms. The van der Waals surface area contributed by atoms with Crippen molar-refractivity contribution in [2.75, 3.05) is 39.3 Å². The van der Waals surface area contributed by atoms with Crippen LogP contribution in [0.1, 0.15) is 12.8 Å². The van der Waals surface area contributed by atoms with Crippen LogP contribution in [0.5, 0.6) is 0 Å². The third-order valence-corrected chi connectivity index (χ3v) is 1.59. The van der Waals surface area contributed by atoms with Gasteiger partial charge in [0.1, 0.15) is 0 Å². The van der Waals surface area contributed by atoms with Gasteiger partial charge in [-0.2, -0.15) is 0 Å². The van der Waals surface area contributed by atoms with E-state index in [1.807, 2.05) is 0 Å². The zero-order valence-corrected chi connectivity index (χ0v) is 13.8. The Morgan fingerprint density at radius 3 is 1.15 bits per heavy atom. The maximum atomic E-state index is 6.75. The Morgan fingerprint density at radius 1 is 0.700 bits per heavy atom. The summed E-state index contributed by atoms with van der Waals surface area (Å²) < 4.78 is 0. The van der Waals surface area contributed by atoms with Crippen LogP contribution in [0, 0.1) is 0 Å². The summed E-state index contributed by atoms with van der Waals surface area (Å²) in [5.41, 5.74) is 37.7. The molecule has 6 N–H and O–H groups in total. The van der Waals surface area contributed by atoms with Crippen LogP contribution in [-0.4, -0.2) is 39.3 Å². The van der Waals surface area contributed by atoms with E-state index in [2.05, 4.69) is 10.6 Å². The molecule has 0 saturated heterocycles. The molecule has 20 heavy (non-hydrogen) atoms. The Hall–Kier alpha value is -0.554. The van der Waals surface area contributed by atoms with E-state index in [-0.39, 0.29) is 33.8 Å². The van der Waals surface area contributed by atoms with Crippen molar-refractivity contribution < 1.29 is 33.8 Å². The summed E-state index contributed by atoms with van der Waals surface area (Å²) in [5, 5.41) is 6.58. The molecule has 0 amide bonds. The molecule has 120 valence electrons. The van der Waals surface area contributed by atoms with Gasteiger partial charge >= 0.3 is 16.8 Å². The minimum absolute atomic E-state index is 0. The third-order valence-electron chi connectivity index (χ3n) is 1.59. The molecule has 0 aliphatic rings. The molecule has 10 nitrogen and oxygen atoms in total. The van der Waals surface area contributed by atoms with Crippen molar-refractivity contribution in [3.8, 4) is 0 Å². The Kier molecular flexibility index (Phi) is 67.9. The SMILES string of the molecule is NCCCNCCNCCCN.[Br-].[Co+3].[N-]=[N+]=[N-].[N-]=[N+]=[N-]. The van der Waals surface area contributed by atoms with E-state index in [9.17, 15) is 0 Å². The number of hydrogen-bond acceptors (Lipinski definition) is 4. The van der Waals surface area contributed by atoms with Gasteiger partial charge in [0, 0.05) is 13.1 Å². The quantitative estimate of drug-likeness (QED) is 0.146. The Bertz CT molecular complexity index is 183. The molecule has 12 heteroatoms. The van der Waals surface area contributed by atoms with Gasteiger partial charge in [-0.15, -0.1) is 0 Å². The fourth-order valence-corrected chi connectivity index (χ4v) is 0.881. The number of nitrogens with two attached hydrogens (primary N) is 2. The smallest absolute Gasteiger partial charge is 1.00 e. The summed E-state index contributed by atoms with van der Waals surface area (Å²) in [5.74, 6) is 0. The van der Waals surface area contributed by atoms with Crippen LogP contribution in [0.4, 0.5) is 0 Å². The first-order chi connectivity index (χ1) is 8.74. The van der Waals surface area contributed by atoms with Crippen molar-refractivity contribution in [2.24, 2.45) is 11.5 Å². The molecular weight excluding hydrogens is 375 g/mol. The van der Waals surface area contributed by atoms with E-state index in [0.717, 1.165) is 52.1 Å². The van der Waals surface area contributed by atoms with Crippen molar-refractivity contribution >= 4 is 0 Å². The predicted octanol–water partition coefficient (Wildman–Crippen LogP) is -2.40. The molecule has 0 radical (unpaired) electrons. The normalized spacial score (nSPS) is 7.10. The summed E-state index contributed by atoms with van der Waals surface area (Å²) >= 11 is 0. The number of nitrogens with zero attached hydrogens (tertiary/aromatic N) is 6. The number of halogens is 1. The number of nitrogens with one attached hydrogen (secondary N) is 2. The summed E-state index contributed by atoms with van der Waals surface area (Å²) in [4.78, 5) is 3.00. The second-order valence-corrected chi connectivity index (χ2v) is 2.96. The summed E-state index contributed by atoms with van der Waals surface area (Å²) in [6.07, 6.45) is 2.12. The predicted molar refractivity (Wildman–Crippen MR) is 73.2 cm³/mol. The molecule has 0 unspecified atom stereocenters. The van der Waals surface area contributed by atoms with Gasteiger partial charge in [-0.3, -0.25) is 9.82 Å². The number of hydrogen-bond donors (Lipinski definition) is 4. The van der Waals surface area contributed by atoms with Crippen LogP contribution in [0.15, 0.2) is 0 Å². The molecule has 0 spiro atoms. The van der Waals surface area contributed by atoms with E-state index < -0.39 is 0 Å². The van der Waals surface area contributed by atoms with Crippen molar-refractivity contribution in [1.82, 2.24) is 10.6 Å². The Labute approximate surface area is 140 Å². The molecule has 0 rings (SSSR count). The van der Waals surface area contributed by atoms with E-state index in [1.165, 1.54) is 9.82 Å². The van der Waals surface area contributed by atoms with Gasteiger partial charge in [0.15, 0.2) is 0 Å². The largest absolute Gasteiger partial charge is 3.00 e. The summed E-state index contributed by atoms with van der Waals surface area (Å²) in [7, 11) is 0. The van der Waals surface area contributed by atoms with E-state index in [0.29, 0.717) is 0 Å². The van der Waals surface area contributed by atoms with Crippen LogP contribution in [0.2, 0.25) is 0 Å². The average molecular weight is 397 g/mol. The molecule has 0 saturated carbocycles. The molecular formula is C8H22BrCoN10. The second-order valence-electron chi connectivity index (χ2n) is 2.96. The first-order valence-electron chi connectivity index (χ1n) is 5.53. The Balaban J connectivity index is -0.0000000805.